The summed E-state index contributed by atoms with van der Waals surface area (Å²) in [5.41, 5.74) is 0.938. The lowest BCUT2D eigenvalue weighted by Gasteiger charge is -1.91. The Morgan fingerprint density at radius 3 is 3.30 bits per heavy atom. The Kier molecular flexibility index (Phi) is 1.01. The standard InChI is InChI=1S/C8H5O2/c9-8-5-6-3-1-2-4-7(6)10-8/h2-4H,5H2. The maximum atomic E-state index is 10.7. The average molecular weight is 133 g/mol. The molecule has 0 unspecified atom stereocenters. The van der Waals surface area contributed by atoms with Gasteiger partial charge in [-0.3, -0.25) is 4.79 Å². The topological polar surface area (TPSA) is 26.3 Å². The van der Waals surface area contributed by atoms with Crippen molar-refractivity contribution < 1.29 is 9.53 Å². The summed E-state index contributed by atoms with van der Waals surface area (Å²) in [5, 5.41) is 0. The second kappa shape index (κ2) is 1.84. The second-order valence-electron chi connectivity index (χ2n) is 2.18. The van der Waals surface area contributed by atoms with Gasteiger partial charge in [-0.1, -0.05) is 6.07 Å². The zero-order chi connectivity index (χ0) is 6.97. The number of hydrogen-bond donors (Lipinski definition) is 0. The van der Waals surface area contributed by atoms with Gasteiger partial charge >= 0.3 is 5.97 Å². The van der Waals surface area contributed by atoms with E-state index in [2.05, 4.69) is 6.07 Å². The normalized spacial score (nSPS) is 14.6. The third kappa shape index (κ3) is 0.692. The van der Waals surface area contributed by atoms with Crippen LogP contribution in [0.5, 0.6) is 5.75 Å². The number of benzene rings is 1. The van der Waals surface area contributed by atoms with E-state index in [1.807, 2.05) is 0 Å². The van der Waals surface area contributed by atoms with Crippen LogP contribution in [0.3, 0.4) is 0 Å². The predicted molar refractivity (Wildman–Crippen MR) is 34.6 cm³/mol. The number of carbonyl (C=O) groups is 1. The van der Waals surface area contributed by atoms with E-state index in [1.54, 1.807) is 18.2 Å². The lowest BCUT2D eigenvalue weighted by atomic mass is 10.2. The molecule has 1 aliphatic heterocycles. The molecule has 0 fully saturated rings. The molecule has 10 heavy (non-hydrogen) atoms. The number of carbonyl (C=O) groups excluding carboxylic acids is 1. The minimum atomic E-state index is -0.172. The summed E-state index contributed by atoms with van der Waals surface area (Å²) in [5.74, 6) is 0.512. The van der Waals surface area contributed by atoms with Crippen LogP contribution in [0.2, 0.25) is 0 Å². The van der Waals surface area contributed by atoms with Crippen molar-refractivity contribution in [3.8, 4) is 5.75 Å². The molecule has 0 aromatic heterocycles. The molecule has 1 aromatic rings. The van der Waals surface area contributed by atoms with E-state index in [4.69, 9.17) is 4.74 Å². The zero-order valence-corrected chi connectivity index (χ0v) is 5.26. The fourth-order valence-corrected chi connectivity index (χ4v) is 1.00. The van der Waals surface area contributed by atoms with Crippen LogP contribution in [0.4, 0.5) is 0 Å². The molecule has 0 bridgehead atoms. The van der Waals surface area contributed by atoms with Gasteiger partial charge < -0.3 is 4.74 Å². The Morgan fingerprint density at radius 1 is 1.60 bits per heavy atom. The maximum Gasteiger partial charge on any atom is 0.315 e. The first kappa shape index (κ1) is 5.47. The van der Waals surface area contributed by atoms with E-state index in [1.165, 1.54) is 0 Å². The predicted octanol–water partition coefficient (Wildman–Crippen LogP) is 0.948. The van der Waals surface area contributed by atoms with Crippen LogP contribution < -0.4 is 4.74 Å². The molecule has 1 aliphatic rings. The maximum absolute atomic E-state index is 10.7. The molecule has 0 aliphatic carbocycles. The molecule has 0 amide bonds. The van der Waals surface area contributed by atoms with E-state index in [-0.39, 0.29) is 5.97 Å². The van der Waals surface area contributed by atoms with Crippen LogP contribution in [0.25, 0.3) is 0 Å². The molecule has 1 heterocycles. The highest BCUT2D eigenvalue weighted by Gasteiger charge is 2.18. The van der Waals surface area contributed by atoms with Crippen molar-refractivity contribution in [2.24, 2.45) is 0 Å². The van der Waals surface area contributed by atoms with Crippen molar-refractivity contribution in [2.75, 3.05) is 0 Å². The molecule has 2 heteroatoms. The van der Waals surface area contributed by atoms with Crippen molar-refractivity contribution in [3.05, 3.63) is 29.8 Å². The highest BCUT2D eigenvalue weighted by Crippen LogP contribution is 2.23. The Morgan fingerprint density at radius 2 is 2.50 bits per heavy atom. The summed E-state index contributed by atoms with van der Waals surface area (Å²) in [6, 6.07) is 8.14. The Labute approximate surface area is 58.4 Å². The first-order valence-electron chi connectivity index (χ1n) is 3.06. The molecule has 0 saturated carbocycles. The first-order chi connectivity index (χ1) is 4.86. The van der Waals surface area contributed by atoms with Gasteiger partial charge in [-0.2, -0.15) is 0 Å². The zero-order valence-electron chi connectivity index (χ0n) is 5.26. The largest absolute Gasteiger partial charge is 0.426 e. The molecule has 49 valence electrons. The number of rotatable bonds is 0. The number of fused-ring (bicyclic) bond motifs is 1. The van der Waals surface area contributed by atoms with E-state index in [0.717, 1.165) is 5.56 Å². The lowest BCUT2D eigenvalue weighted by Crippen LogP contribution is -1.99. The van der Waals surface area contributed by atoms with Gasteiger partial charge in [0.1, 0.15) is 5.75 Å². The number of ether oxygens (including phenoxy) is 1. The van der Waals surface area contributed by atoms with Gasteiger partial charge in [-0.25, -0.2) is 0 Å². The van der Waals surface area contributed by atoms with Gasteiger partial charge in [-0.05, 0) is 18.2 Å². The molecule has 1 aromatic carbocycles. The number of esters is 1. The number of hydrogen-bond acceptors (Lipinski definition) is 2. The molecule has 0 atom stereocenters. The van der Waals surface area contributed by atoms with Crippen LogP contribution in [-0.4, -0.2) is 5.97 Å². The molecular formula is C8H5O2. The molecule has 1 radical (unpaired) electrons. The first-order valence-corrected chi connectivity index (χ1v) is 3.06. The third-order valence-corrected chi connectivity index (χ3v) is 1.46. The van der Waals surface area contributed by atoms with Gasteiger partial charge in [0.25, 0.3) is 0 Å². The van der Waals surface area contributed by atoms with Gasteiger partial charge in [0.15, 0.2) is 0 Å². The van der Waals surface area contributed by atoms with Gasteiger partial charge in [0, 0.05) is 5.56 Å². The highest BCUT2D eigenvalue weighted by atomic mass is 16.5. The SMILES string of the molecule is O=C1Cc2c[c]ccc2O1. The van der Waals surface area contributed by atoms with Crippen molar-refractivity contribution in [2.45, 2.75) is 6.42 Å². The third-order valence-electron chi connectivity index (χ3n) is 1.46. The molecule has 2 nitrogen and oxygen atoms in total. The van der Waals surface area contributed by atoms with Crippen molar-refractivity contribution in [3.63, 3.8) is 0 Å². The van der Waals surface area contributed by atoms with Crippen LogP contribution in [-0.2, 0) is 11.2 Å². The van der Waals surface area contributed by atoms with Crippen LogP contribution >= 0.6 is 0 Å². The summed E-state index contributed by atoms with van der Waals surface area (Å²) in [7, 11) is 0. The Bertz CT molecular complexity index is 251. The van der Waals surface area contributed by atoms with Crippen molar-refractivity contribution in [1.29, 1.82) is 0 Å². The second-order valence-corrected chi connectivity index (χ2v) is 2.18. The van der Waals surface area contributed by atoms with E-state index in [0.29, 0.717) is 12.2 Å². The summed E-state index contributed by atoms with van der Waals surface area (Å²) >= 11 is 0. The van der Waals surface area contributed by atoms with Crippen molar-refractivity contribution >= 4 is 5.97 Å². The summed E-state index contributed by atoms with van der Waals surface area (Å²) < 4.78 is 4.85. The lowest BCUT2D eigenvalue weighted by molar-refractivity contribution is -0.131. The molecule has 2 rings (SSSR count). The van der Waals surface area contributed by atoms with Crippen LogP contribution in [0, 0.1) is 6.07 Å². The smallest absolute Gasteiger partial charge is 0.315 e. The fraction of sp³-hybridized carbons (Fsp3) is 0.125. The van der Waals surface area contributed by atoms with Crippen LogP contribution in [0.1, 0.15) is 5.56 Å². The minimum absolute atomic E-state index is 0.172. The van der Waals surface area contributed by atoms with E-state index in [9.17, 15) is 4.79 Å². The van der Waals surface area contributed by atoms with E-state index >= 15 is 0 Å². The van der Waals surface area contributed by atoms with Crippen molar-refractivity contribution in [1.82, 2.24) is 0 Å². The highest BCUT2D eigenvalue weighted by molar-refractivity contribution is 5.80. The monoisotopic (exact) mass is 133 g/mol. The van der Waals surface area contributed by atoms with E-state index < -0.39 is 0 Å². The fourth-order valence-electron chi connectivity index (χ4n) is 1.00. The Hall–Kier alpha value is -1.31. The molecular weight excluding hydrogens is 128 g/mol. The minimum Gasteiger partial charge on any atom is -0.426 e. The summed E-state index contributed by atoms with van der Waals surface area (Å²) in [4.78, 5) is 10.7. The van der Waals surface area contributed by atoms with Gasteiger partial charge in [0.05, 0.1) is 6.42 Å². The summed E-state index contributed by atoms with van der Waals surface area (Å²) in [6.45, 7) is 0. The van der Waals surface area contributed by atoms with Crippen LogP contribution in [0.15, 0.2) is 18.2 Å². The average Bonchev–Trinajstić information content (AvgIpc) is 2.27. The quantitative estimate of drug-likeness (QED) is 0.389. The Balaban J connectivity index is 2.51. The summed E-state index contributed by atoms with van der Waals surface area (Å²) in [6.07, 6.45) is 0.396. The molecule has 0 spiro atoms. The van der Waals surface area contributed by atoms with Gasteiger partial charge in [0.2, 0.25) is 0 Å². The molecule has 0 saturated heterocycles. The van der Waals surface area contributed by atoms with Gasteiger partial charge in [-0.15, -0.1) is 0 Å². The molecule has 0 N–H and O–H groups in total.